The molecule has 0 aromatic heterocycles. The molecule has 1 amide bonds. The Morgan fingerprint density at radius 3 is 2.89 bits per heavy atom. The first-order chi connectivity index (χ1) is 8.61. The Bertz CT molecular complexity index is 482. The zero-order valence-corrected chi connectivity index (χ0v) is 10.5. The van der Waals surface area contributed by atoms with Crippen molar-refractivity contribution in [1.82, 2.24) is 4.90 Å². The first kappa shape index (κ1) is 12.6. The third-order valence-electron chi connectivity index (χ3n) is 3.35. The fourth-order valence-corrected chi connectivity index (χ4v) is 2.23. The number of carboxylic acids is 1. The molecular formula is C14H17NO3. The number of fused-ring (bicyclic) bond motifs is 1. The number of carbonyl (C=O) groups excluding carboxylic acids is 1. The van der Waals surface area contributed by atoms with Crippen molar-refractivity contribution in [2.75, 3.05) is 13.1 Å². The molecule has 1 aromatic carbocycles. The van der Waals surface area contributed by atoms with E-state index in [9.17, 15) is 9.59 Å². The number of hydrogen-bond donors (Lipinski definition) is 1. The van der Waals surface area contributed by atoms with Gasteiger partial charge in [0, 0.05) is 18.7 Å². The van der Waals surface area contributed by atoms with Crippen LogP contribution in [0.5, 0.6) is 0 Å². The lowest BCUT2D eigenvalue weighted by molar-refractivity contribution is -0.137. The monoisotopic (exact) mass is 247 g/mol. The molecule has 0 bridgehead atoms. The molecule has 2 rings (SSSR count). The maximum absolute atomic E-state index is 12.2. The highest BCUT2D eigenvalue weighted by molar-refractivity contribution is 5.97. The summed E-state index contributed by atoms with van der Waals surface area (Å²) in [5.41, 5.74) is 2.96. The number of carbonyl (C=O) groups is 2. The van der Waals surface area contributed by atoms with Crippen LogP contribution in [0.1, 0.15) is 34.8 Å². The molecule has 18 heavy (non-hydrogen) atoms. The minimum absolute atomic E-state index is 0.00847. The van der Waals surface area contributed by atoms with E-state index in [-0.39, 0.29) is 12.3 Å². The Kier molecular flexibility index (Phi) is 3.65. The van der Waals surface area contributed by atoms with Crippen LogP contribution in [-0.4, -0.2) is 35.0 Å². The normalized spacial score (nSPS) is 14.5. The van der Waals surface area contributed by atoms with Crippen molar-refractivity contribution in [3.8, 4) is 0 Å². The van der Waals surface area contributed by atoms with Crippen molar-refractivity contribution in [1.29, 1.82) is 0 Å². The molecule has 1 aliphatic rings. The van der Waals surface area contributed by atoms with Crippen LogP contribution in [0.25, 0.3) is 0 Å². The standard InChI is InChI=1S/C14H17NO3/c1-2-10-3-4-11-5-7-15(8-6-13(16)17)14(18)12(11)9-10/h3-4,9H,2,5-8H2,1H3,(H,16,17). The van der Waals surface area contributed by atoms with Gasteiger partial charge in [-0.25, -0.2) is 0 Å². The number of benzene rings is 1. The number of hydrogen-bond acceptors (Lipinski definition) is 2. The van der Waals surface area contributed by atoms with E-state index in [4.69, 9.17) is 5.11 Å². The van der Waals surface area contributed by atoms with Crippen LogP contribution < -0.4 is 0 Å². The van der Waals surface area contributed by atoms with Gasteiger partial charge in [0.25, 0.3) is 5.91 Å². The van der Waals surface area contributed by atoms with Gasteiger partial charge in [-0.15, -0.1) is 0 Å². The fraction of sp³-hybridized carbons (Fsp3) is 0.429. The molecule has 4 nitrogen and oxygen atoms in total. The number of carboxylic acid groups (broad SMARTS) is 1. The van der Waals surface area contributed by atoms with Crippen LogP contribution in [-0.2, 0) is 17.6 Å². The van der Waals surface area contributed by atoms with E-state index in [1.54, 1.807) is 4.90 Å². The zero-order valence-electron chi connectivity index (χ0n) is 10.5. The Balaban J connectivity index is 2.18. The average molecular weight is 247 g/mol. The third-order valence-corrected chi connectivity index (χ3v) is 3.35. The molecule has 1 aliphatic heterocycles. The van der Waals surface area contributed by atoms with E-state index in [1.807, 2.05) is 12.1 Å². The van der Waals surface area contributed by atoms with Gasteiger partial charge in [-0.05, 0) is 30.0 Å². The van der Waals surface area contributed by atoms with Gasteiger partial charge >= 0.3 is 5.97 Å². The summed E-state index contributed by atoms with van der Waals surface area (Å²) >= 11 is 0. The SMILES string of the molecule is CCc1ccc2c(c1)C(=O)N(CCC(=O)O)CC2. The van der Waals surface area contributed by atoms with E-state index in [0.717, 1.165) is 29.5 Å². The van der Waals surface area contributed by atoms with E-state index in [1.165, 1.54) is 0 Å². The van der Waals surface area contributed by atoms with Crippen LogP contribution in [0.15, 0.2) is 18.2 Å². The summed E-state index contributed by atoms with van der Waals surface area (Å²) < 4.78 is 0. The maximum Gasteiger partial charge on any atom is 0.305 e. The fourth-order valence-electron chi connectivity index (χ4n) is 2.23. The lowest BCUT2D eigenvalue weighted by atomic mass is 9.96. The van der Waals surface area contributed by atoms with Crippen LogP contribution in [0.3, 0.4) is 0 Å². The molecule has 0 spiro atoms. The molecular weight excluding hydrogens is 230 g/mol. The molecule has 4 heteroatoms. The predicted octanol–water partition coefficient (Wildman–Crippen LogP) is 1.72. The van der Waals surface area contributed by atoms with Crippen LogP contribution in [0.2, 0.25) is 0 Å². The summed E-state index contributed by atoms with van der Waals surface area (Å²) in [7, 11) is 0. The molecule has 96 valence electrons. The van der Waals surface area contributed by atoms with Crippen LogP contribution in [0, 0.1) is 0 Å². The second kappa shape index (κ2) is 5.21. The molecule has 0 saturated heterocycles. The van der Waals surface area contributed by atoms with Gasteiger partial charge in [0.2, 0.25) is 0 Å². The van der Waals surface area contributed by atoms with Gasteiger partial charge in [-0.2, -0.15) is 0 Å². The van der Waals surface area contributed by atoms with Crippen molar-refractivity contribution in [2.24, 2.45) is 0 Å². The van der Waals surface area contributed by atoms with Crippen LogP contribution >= 0.6 is 0 Å². The average Bonchev–Trinajstić information content (AvgIpc) is 2.37. The Morgan fingerprint density at radius 2 is 2.22 bits per heavy atom. The number of aryl methyl sites for hydroxylation is 1. The number of nitrogens with zero attached hydrogens (tertiary/aromatic N) is 1. The van der Waals surface area contributed by atoms with E-state index in [2.05, 4.69) is 13.0 Å². The summed E-state index contributed by atoms with van der Waals surface area (Å²) in [4.78, 5) is 24.4. The second-order valence-electron chi connectivity index (χ2n) is 4.53. The van der Waals surface area contributed by atoms with Gasteiger partial charge in [-0.1, -0.05) is 19.1 Å². The van der Waals surface area contributed by atoms with Gasteiger partial charge < -0.3 is 10.0 Å². The van der Waals surface area contributed by atoms with Crippen molar-refractivity contribution in [3.05, 3.63) is 34.9 Å². The summed E-state index contributed by atoms with van der Waals surface area (Å²) in [6.45, 7) is 2.96. The smallest absolute Gasteiger partial charge is 0.305 e. The molecule has 0 fully saturated rings. The summed E-state index contributed by atoms with van der Waals surface area (Å²) in [6.07, 6.45) is 1.72. The second-order valence-corrected chi connectivity index (χ2v) is 4.53. The summed E-state index contributed by atoms with van der Waals surface area (Å²) in [6, 6.07) is 6.00. The molecule has 1 N–H and O–H groups in total. The lowest BCUT2D eigenvalue weighted by Crippen LogP contribution is -2.38. The molecule has 0 radical (unpaired) electrons. The zero-order chi connectivity index (χ0) is 13.1. The molecule has 1 heterocycles. The molecule has 0 unspecified atom stereocenters. The number of amides is 1. The number of rotatable bonds is 4. The first-order valence-corrected chi connectivity index (χ1v) is 6.24. The minimum atomic E-state index is -0.865. The molecule has 0 saturated carbocycles. The summed E-state index contributed by atoms with van der Waals surface area (Å²) in [5, 5.41) is 8.67. The predicted molar refractivity (Wildman–Crippen MR) is 67.7 cm³/mol. The highest BCUT2D eigenvalue weighted by Crippen LogP contribution is 2.20. The van der Waals surface area contributed by atoms with Gasteiger partial charge in [0.1, 0.15) is 0 Å². The topological polar surface area (TPSA) is 57.6 Å². The first-order valence-electron chi connectivity index (χ1n) is 6.24. The van der Waals surface area contributed by atoms with Crippen LogP contribution in [0.4, 0.5) is 0 Å². The van der Waals surface area contributed by atoms with Crippen molar-refractivity contribution >= 4 is 11.9 Å². The Labute approximate surface area is 106 Å². The quantitative estimate of drug-likeness (QED) is 0.881. The van der Waals surface area contributed by atoms with E-state index in [0.29, 0.717) is 13.1 Å². The molecule has 0 atom stereocenters. The molecule has 1 aromatic rings. The number of aliphatic carboxylic acids is 1. The molecule has 0 aliphatic carbocycles. The Morgan fingerprint density at radius 1 is 1.44 bits per heavy atom. The maximum atomic E-state index is 12.2. The Hall–Kier alpha value is -1.84. The van der Waals surface area contributed by atoms with Crippen molar-refractivity contribution in [3.63, 3.8) is 0 Å². The van der Waals surface area contributed by atoms with Gasteiger partial charge in [0.05, 0.1) is 6.42 Å². The van der Waals surface area contributed by atoms with E-state index >= 15 is 0 Å². The highest BCUT2D eigenvalue weighted by atomic mass is 16.4. The summed E-state index contributed by atoms with van der Waals surface area (Å²) in [5.74, 6) is -0.899. The highest BCUT2D eigenvalue weighted by Gasteiger charge is 2.24. The lowest BCUT2D eigenvalue weighted by Gasteiger charge is -2.28. The largest absolute Gasteiger partial charge is 0.481 e. The third kappa shape index (κ3) is 2.53. The van der Waals surface area contributed by atoms with Crippen molar-refractivity contribution in [2.45, 2.75) is 26.2 Å². The van der Waals surface area contributed by atoms with Gasteiger partial charge in [-0.3, -0.25) is 9.59 Å². The van der Waals surface area contributed by atoms with E-state index < -0.39 is 5.97 Å². The van der Waals surface area contributed by atoms with Crippen molar-refractivity contribution < 1.29 is 14.7 Å². The minimum Gasteiger partial charge on any atom is -0.481 e. The van der Waals surface area contributed by atoms with Gasteiger partial charge in [0.15, 0.2) is 0 Å².